The molecule has 146 valence electrons. The number of aromatic nitrogens is 1. The Bertz CT molecular complexity index is 894. The number of nitrogens with zero attached hydrogens (tertiary/aromatic N) is 1. The van der Waals surface area contributed by atoms with Crippen molar-refractivity contribution in [2.75, 3.05) is 0 Å². The Morgan fingerprint density at radius 3 is 2.75 bits per heavy atom. The second-order valence-electron chi connectivity index (χ2n) is 9.07. The van der Waals surface area contributed by atoms with Crippen molar-refractivity contribution in [1.82, 2.24) is 10.3 Å². The summed E-state index contributed by atoms with van der Waals surface area (Å²) in [6.45, 7) is 2.15. The molecule has 1 heterocycles. The van der Waals surface area contributed by atoms with Crippen LogP contribution < -0.4 is 5.32 Å². The van der Waals surface area contributed by atoms with Gasteiger partial charge in [0.1, 0.15) is 5.78 Å². The summed E-state index contributed by atoms with van der Waals surface area (Å²) in [5.74, 6) is 1.66. The average molecular weight is 377 g/mol. The quantitative estimate of drug-likeness (QED) is 0.820. The van der Waals surface area contributed by atoms with Gasteiger partial charge in [0.2, 0.25) is 5.91 Å². The maximum Gasteiger partial charge on any atom is 0.223 e. The molecule has 1 aromatic rings. The molecule has 1 aromatic heterocycles. The van der Waals surface area contributed by atoms with Crippen LogP contribution in [0.2, 0.25) is 0 Å². The average Bonchev–Trinajstić information content (AvgIpc) is 3.60. The Hall–Kier alpha value is -2.23. The molecule has 1 N–H and O–H groups in total. The minimum absolute atomic E-state index is 0.239. The van der Waals surface area contributed by atoms with E-state index in [1.54, 1.807) is 0 Å². The third-order valence-electron chi connectivity index (χ3n) is 6.72. The predicted molar refractivity (Wildman–Crippen MR) is 109 cm³/mol. The van der Waals surface area contributed by atoms with Crippen LogP contribution in [-0.4, -0.2) is 22.7 Å². The summed E-state index contributed by atoms with van der Waals surface area (Å²) in [6, 6.07) is 2.40. The van der Waals surface area contributed by atoms with Crippen LogP contribution >= 0.6 is 0 Å². The molecular weight excluding hydrogens is 348 g/mol. The highest BCUT2D eigenvalue weighted by atomic mass is 16.2. The highest BCUT2D eigenvalue weighted by Gasteiger charge is 2.39. The van der Waals surface area contributed by atoms with Gasteiger partial charge in [-0.25, -0.2) is 0 Å². The molecule has 4 heteroatoms. The van der Waals surface area contributed by atoms with E-state index in [9.17, 15) is 9.59 Å². The van der Waals surface area contributed by atoms with E-state index >= 15 is 0 Å². The van der Waals surface area contributed by atoms with E-state index < -0.39 is 0 Å². The molecule has 3 unspecified atom stereocenters. The lowest BCUT2D eigenvalue weighted by molar-refractivity contribution is -0.123. The van der Waals surface area contributed by atoms with E-state index in [0.29, 0.717) is 18.1 Å². The van der Waals surface area contributed by atoms with Gasteiger partial charge >= 0.3 is 0 Å². The molecule has 0 aromatic carbocycles. The Kier molecular flexibility index (Phi) is 4.45. The maximum atomic E-state index is 12.3. The van der Waals surface area contributed by atoms with Gasteiger partial charge in [0, 0.05) is 42.0 Å². The number of carbonyl (C=O) groups excluding carboxylic acids is 2. The van der Waals surface area contributed by atoms with Gasteiger partial charge in [0.15, 0.2) is 0 Å². The summed E-state index contributed by atoms with van der Waals surface area (Å²) >= 11 is 0. The molecule has 0 radical (unpaired) electrons. The number of amides is 1. The van der Waals surface area contributed by atoms with Crippen LogP contribution in [0.25, 0.3) is 11.6 Å². The number of hydrogen-bond donors (Lipinski definition) is 1. The van der Waals surface area contributed by atoms with Gasteiger partial charge in [-0.15, -0.1) is 0 Å². The van der Waals surface area contributed by atoms with E-state index in [2.05, 4.69) is 36.5 Å². The van der Waals surface area contributed by atoms with Crippen molar-refractivity contribution < 1.29 is 9.59 Å². The molecule has 4 aliphatic rings. The first-order valence-electron chi connectivity index (χ1n) is 10.8. The van der Waals surface area contributed by atoms with Crippen LogP contribution in [0.15, 0.2) is 18.2 Å². The molecule has 4 aliphatic carbocycles. The first-order valence-corrected chi connectivity index (χ1v) is 10.8. The van der Waals surface area contributed by atoms with Gasteiger partial charge in [-0.05, 0) is 61.6 Å². The number of ketones is 1. The fourth-order valence-electron chi connectivity index (χ4n) is 4.59. The lowest BCUT2D eigenvalue weighted by atomic mass is 9.88. The van der Waals surface area contributed by atoms with E-state index in [1.807, 2.05) is 0 Å². The standard InChI is InChI=1S/C24H28N2O2/c1-14-11-20(14)24(28)26-17-9-7-15(8-10-17)21-12-18(13-23(27)16-5-6-16)25-22-4-2-3-19(21)22/h2-3,7,12,14,16-17,20H,4-6,8-11,13H2,1H3,(H,26,28). The third-order valence-corrected chi connectivity index (χ3v) is 6.72. The Labute approximate surface area is 166 Å². The fourth-order valence-corrected chi connectivity index (χ4v) is 4.59. The molecule has 1 amide bonds. The zero-order chi connectivity index (χ0) is 19.3. The highest BCUT2D eigenvalue weighted by molar-refractivity contribution is 5.86. The number of allylic oxidation sites excluding steroid dienone is 2. The van der Waals surface area contributed by atoms with Gasteiger partial charge in [-0.1, -0.05) is 25.2 Å². The van der Waals surface area contributed by atoms with Crippen molar-refractivity contribution >= 4 is 23.3 Å². The molecule has 4 nitrogen and oxygen atoms in total. The highest BCUT2D eigenvalue weighted by Crippen LogP contribution is 2.39. The van der Waals surface area contributed by atoms with Crippen LogP contribution in [0.4, 0.5) is 0 Å². The monoisotopic (exact) mass is 376 g/mol. The Morgan fingerprint density at radius 2 is 2.07 bits per heavy atom. The van der Waals surface area contributed by atoms with Gasteiger partial charge < -0.3 is 5.32 Å². The molecular formula is C24H28N2O2. The van der Waals surface area contributed by atoms with Crippen molar-refractivity contribution in [2.24, 2.45) is 17.8 Å². The number of rotatable bonds is 6. The van der Waals surface area contributed by atoms with Crippen molar-refractivity contribution in [3.05, 3.63) is 40.7 Å². The maximum absolute atomic E-state index is 12.3. The summed E-state index contributed by atoms with van der Waals surface area (Å²) in [5.41, 5.74) is 5.85. The zero-order valence-electron chi connectivity index (χ0n) is 16.5. The van der Waals surface area contributed by atoms with Gasteiger partial charge in [-0.3, -0.25) is 14.6 Å². The Balaban J connectivity index is 1.32. The lowest BCUT2D eigenvalue weighted by Gasteiger charge is -2.24. The van der Waals surface area contributed by atoms with E-state index in [4.69, 9.17) is 4.98 Å². The fraction of sp³-hybridized carbons (Fsp3) is 0.542. The molecule has 0 saturated heterocycles. The summed E-state index contributed by atoms with van der Waals surface area (Å²) in [4.78, 5) is 29.3. The number of pyridine rings is 1. The lowest BCUT2D eigenvalue weighted by Crippen LogP contribution is -2.36. The molecule has 0 spiro atoms. The third kappa shape index (κ3) is 3.57. The van der Waals surface area contributed by atoms with Crippen molar-refractivity contribution in [1.29, 1.82) is 0 Å². The molecule has 5 rings (SSSR count). The normalized spacial score (nSPS) is 27.9. The van der Waals surface area contributed by atoms with Crippen LogP contribution in [-0.2, 0) is 22.4 Å². The first kappa shape index (κ1) is 17.8. The molecule has 2 saturated carbocycles. The molecule has 28 heavy (non-hydrogen) atoms. The van der Waals surface area contributed by atoms with Crippen molar-refractivity contribution in [3.8, 4) is 0 Å². The summed E-state index contributed by atoms with van der Waals surface area (Å²) in [5, 5.41) is 3.24. The van der Waals surface area contributed by atoms with Crippen LogP contribution in [0, 0.1) is 17.8 Å². The number of fused-ring (bicyclic) bond motifs is 1. The van der Waals surface area contributed by atoms with Gasteiger partial charge in [0.05, 0.1) is 5.69 Å². The Morgan fingerprint density at radius 1 is 1.25 bits per heavy atom. The molecule has 2 fully saturated rings. The zero-order valence-corrected chi connectivity index (χ0v) is 16.5. The first-order chi connectivity index (χ1) is 13.6. The van der Waals surface area contributed by atoms with Gasteiger partial charge in [0.25, 0.3) is 0 Å². The van der Waals surface area contributed by atoms with Crippen LogP contribution in [0.1, 0.15) is 68.0 Å². The number of Topliss-reactive ketones (excluding diaryl/α,β-unsaturated/α-hetero) is 1. The van der Waals surface area contributed by atoms with E-state index in [0.717, 1.165) is 56.3 Å². The van der Waals surface area contributed by atoms with Crippen molar-refractivity contribution in [3.63, 3.8) is 0 Å². The molecule has 0 aliphatic heterocycles. The smallest absolute Gasteiger partial charge is 0.223 e. The summed E-state index contributed by atoms with van der Waals surface area (Å²) < 4.78 is 0. The minimum atomic E-state index is 0.239. The topological polar surface area (TPSA) is 59.1 Å². The second kappa shape index (κ2) is 6.98. The molecule has 3 atom stereocenters. The second-order valence-corrected chi connectivity index (χ2v) is 9.07. The SMILES string of the molecule is CC1CC1C(=O)NC1CC=C(c2cc(CC(=O)C3CC3)nc3c2C=CC3)CC1. The van der Waals surface area contributed by atoms with E-state index in [1.165, 1.54) is 16.7 Å². The van der Waals surface area contributed by atoms with Crippen molar-refractivity contribution in [2.45, 2.75) is 64.3 Å². The van der Waals surface area contributed by atoms with Crippen LogP contribution in [0.5, 0.6) is 0 Å². The van der Waals surface area contributed by atoms with Gasteiger partial charge in [-0.2, -0.15) is 0 Å². The van der Waals surface area contributed by atoms with Crippen LogP contribution in [0.3, 0.4) is 0 Å². The number of hydrogen-bond acceptors (Lipinski definition) is 3. The minimum Gasteiger partial charge on any atom is -0.353 e. The molecule has 0 bridgehead atoms. The summed E-state index contributed by atoms with van der Waals surface area (Å²) in [6.07, 6.45) is 13.9. The largest absolute Gasteiger partial charge is 0.353 e. The number of nitrogens with one attached hydrogen (secondary N) is 1. The predicted octanol–water partition coefficient (Wildman–Crippen LogP) is 3.88. The summed E-state index contributed by atoms with van der Waals surface area (Å²) in [7, 11) is 0. The van der Waals surface area contributed by atoms with E-state index in [-0.39, 0.29) is 23.8 Å². The number of carbonyl (C=O) groups is 2.